The molecule has 0 aliphatic rings. The summed E-state index contributed by atoms with van der Waals surface area (Å²) in [6.45, 7) is -0.481. The predicted molar refractivity (Wildman–Crippen MR) is 148 cm³/mol. The van der Waals surface area contributed by atoms with E-state index in [0.717, 1.165) is 27.7 Å². The van der Waals surface area contributed by atoms with E-state index < -0.39 is 96.2 Å². The number of carbonyl (C=O) groups excluding carboxylic acids is 4. The molecule has 0 spiro atoms. The Bertz CT molecular complexity index is 1400. The molecule has 0 aliphatic heterocycles. The molecule has 1 aromatic rings. The lowest BCUT2D eigenvalue weighted by Crippen LogP contribution is -2.58. The van der Waals surface area contributed by atoms with Crippen LogP contribution in [-0.2, 0) is 52.3 Å². The van der Waals surface area contributed by atoms with Gasteiger partial charge in [0.2, 0.25) is 0 Å². The highest BCUT2D eigenvalue weighted by Gasteiger charge is 2.74. The van der Waals surface area contributed by atoms with Crippen molar-refractivity contribution in [1.29, 1.82) is 0 Å². The van der Waals surface area contributed by atoms with E-state index in [0.29, 0.717) is 12.5 Å². The SMILES string of the molecule is CC(=O)OC(C)C(=O)OC(C)C(=O)OCC(F)(F)OC(F)(F)C(F)(F)OC(F)(F)C(F)(F)OC(F)(F)COC(=O)C(C)(C)CC(Br)c1ccccc1. The summed E-state index contributed by atoms with van der Waals surface area (Å²) in [6, 6.07) is 8.12. The summed E-state index contributed by atoms with van der Waals surface area (Å²) < 4.78 is 191. The highest BCUT2D eigenvalue weighted by Crippen LogP contribution is 2.48. The van der Waals surface area contributed by atoms with Gasteiger partial charge in [-0.3, -0.25) is 9.59 Å². The van der Waals surface area contributed by atoms with Gasteiger partial charge in [0.15, 0.2) is 25.4 Å². The largest absolute Gasteiger partial charge is 0.456 e. The Morgan fingerprint density at radius 2 is 1.04 bits per heavy atom. The summed E-state index contributed by atoms with van der Waals surface area (Å²) in [5.74, 6) is -5.93. The molecule has 3 unspecified atom stereocenters. The lowest BCUT2D eigenvalue weighted by molar-refractivity contribution is -0.558. The fraction of sp³-hybridized carbons (Fsp3) is 0.643. The standard InChI is InChI=1S/C28H29BrF12O11/c1-14(49-20(44)15(2)48-16(3)42)19(43)46-12-23(30,31)50-25(34,35)27(38,39)52-28(40,41)26(36,37)51-24(32,33)13-47-21(45)22(4,5)11-18(29)17-9-7-6-8-10-17/h6-10,14-15,18H,11-13H2,1-5H3. The molecule has 0 aromatic heterocycles. The molecule has 0 bridgehead atoms. The van der Waals surface area contributed by atoms with E-state index in [-0.39, 0.29) is 6.42 Å². The number of benzene rings is 1. The van der Waals surface area contributed by atoms with Crippen molar-refractivity contribution >= 4 is 39.8 Å². The van der Waals surface area contributed by atoms with E-state index in [1.165, 1.54) is 0 Å². The summed E-state index contributed by atoms with van der Waals surface area (Å²) in [4.78, 5) is 46.0. The molecular weight excluding hydrogens is 820 g/mol. The Kier molecular flexibility index (Phi) is 15.4. The highest BCUT2D eigenvalue weighted by atomic mass is 79.9. The fourth-order valence-corrected chi connectivity index (χ4v) is 4.49. The zero-order chi connectivity index (χ0) is 40.7. The first-order valence-corrected chi connectivity index (χ1v) is 15.0. The van der Waals surface area contributed by atoms with Gasteiger partial charge in [-0.2, -0.15) is 52.7 Å². The van der Waals surface area contributed by atoms with Gasteiger partial charge in [-0.05, 0) is 39.7 Å². The second-order valence-corrected chi connectivity index (χ2v) is 12.2. The van der Waals surface area contributed by atoms with E-state index >= 15 is 0 Å². The van der Waals surface area contributed by atoms with E-state index in [2.05, 4.69) is 44.4 Å². The van der Waals surface area contributed by atoms with Gasteiger partial charge in [-0.1, -0.05) is 46.3 Å². The van der Waals surface area contributed by atoms with Crippen molar-refractivity contribution < 1.29 is 105 Å². The van der Waals surface area contributed by atoms with Crippen molar-refractivity contribution in [3.05, 3.63) is 35.9 Å². The molecular formula is C28H29BrF12O11. The van der Waals surface area contributed by atoms with Crippen LogP contribution in [0.3, 0.4) is 0 Å². The molecule has 0 saturated carbocycles. The Balaban J connectivity index is 2.88. The van der Waals surface area contributed by atoms with Crippen molar-refractivity contribution in [2.75, 3.05) is 13.2 Å². The van der Waals surface area contributed by atoms with Crippen molar-refractivity contribution in [3.8, 4) is 0 Å². The van der Waals surface area contributed by atoms with Gasteiger partial charge >= 0.3 is 60.5 Å². The number of ether oxygens (including phenoxy) is 7. The molecule has 0 heterocycles. The molecule has 0 N–H and O–H groups in total. The molecule has 0 amide bonds. The van der Waals surface area contributed by atoms with Crippen molar-refractivity contribution in [2.45, 2.75) is 94.7 Å². The average Bonchev–Trinajstić information content (AvgIpc) is 2.96. The van der Waals surface area contributed by atoms with Crippen LogP contribution >= 0.6 is 15.9 Å². The van der Waals surface area contributed by atoms with Gasteiger partial charge in [0, 0.05) is 11.8 Å². The molecule has 3 atom stereocenters. The monoisotopic (exact) mass is 848 g/mol. The summed E-state index contributed by atoms with van der Waals surface area (Å²) >= 11 is 3.24. The Morgan fingerprint density at radius 1 is 0.635 bits per heavy atom. The maximum atomic E-state index is 14.1. The lowest BCUT2D eigenvalue weighted by atomic mass is 9.86. The normalized spacial score (nSPS) is 15.3. The number of hydrogen-bond donors (Lipinski definition) is 0. The van der Waals surface area contributed by atoms with Crippen LogP contribution in [0, 0.1) is 5.41 Å². The van der Waals surface area contributed by atoms with Crippen LogP contribution in [0.5, 0.6) is 0 Å². The van der Waals surface area contributed by atoms with Crippen LogP contribution in [0.25, 0.3) is 0 Å². The Labute approximate surface area is 294 Å². The van der Waals surface area contributed by atoms with Gasteiger partial charge < -0.3 is 18.9 Å². The van der Waals surface area contributed by atoms with E-state index in [4.69, 9.17) is 0 Å². The predicted octanol–water partition coefficient (Wildman–Crippen LogP) is 7.12. The summed E-state index contributed by atoms with van der Waals surface area (Å²) in [5.41, 5.74) is -1.04. The van der Waals surface area contributed by atoms with E-state index in [1.54, 1.807) is 30.3 Å². The lowest BCUT2D eigenvalue weighted by Gasteiger charge is -2.34. The molecule has 0 radical (unpaired) electrons. The minimum absolute atomic E-state index is 0.163. The van der Waals surface area contributed by atoms with Crippen LogP contribution in [0.2, 0.25) is 0 Å². The van der Waals surface area contributed by atoms with Gasteiger partial charge in [-0.25, -0.2) is 23.8 Å². The molecule has 52 heavy (non-hydrogen) atoms. The first-order chi connectivity index (χ1) is 23.3. The van der Waals surface area contributed by atoms with Crippen molar-refractivity contribution in [3.63, 3.8) is 0 Å². The minimum Gasteiger partial charge on any atom is -0.456 e. The molecule has 0 fully saturated rings. The highest BCUT2D eigenvalue weighted by molar-refractivity contribution is 9.09. The van der Waals surface area contributed by atoms with Crippen LogP contribution in [0.4, 0.5) is 52.7 Å². The maximum absolute atomic E-state index is 14.1. The Morgan fingerprint density at radius 3 is 1.48 bits per heavy atom. The molecule has 1 aromatic carbocycles. The average molecular weight is 849 g/mol. The van der Waals surface area contributed by atoms with Crippen LogP contribution in [0.1, 0.15) is 51.4 Å². The van der Waals surface area contributed by atoms with Crippen LogP contribution < -0.4 is 0 Å². The van der Waals surface area contributed by atoms with Crippen LogP contribution in [-0.4, -0.2) is 86.0 Å². The zero-order valence-corrected chi connectivity index (χ0v) is 28.7. The summed E-state index contributed by atoms with van der Waals surface area (Å²) in [5, 5.41) is 0. The van der Waals surface area contributed by atoms with Crippen molar-refractivity contribution in [2.24, 2.45) is 5.41 Å². The first-order valence-electron chi connectivity index (χ1n) is 14.0. The summed E-state index contributed by atoms with van der Waals surface area (Å²) in [6.07, 6.45) is -43.6. The number of rotatable bonds is 20. The third-order valence-electron chi connectivity index (χ3n) is 5.95. The Hall–Kier alpha value is -3.38. The van der Waals surface area contributed by atoms with Crippen molar-refractivity contribution in [1.82, 2.24) is 0 Å². The molecule has 298 valence electrons. The van der Waals surface area contributed by atoms with Gasteiger partial charge in [0.05, 0.1) is 5.41 Å². The molecule has 0 aliphatic carbocycles. The third-order valence-corrected chi connectivity index (χ3v) is 6.80. The number of esters is 4. The molecule has 11 nitrogen and oxygen atoms in total. The fourth-order valence-electron chi connectivity index (χ4n) is 3.38. The second-order valence-electron chi connectivity index (χ2n) is 11.1. The van der Waals surface area contributed by atoms with Gasteiger partial charge in [-0.15, -0.1) is 0 Å². The molecule has 0 saturated heterocycles. The first kappa shape index (κ1) is 46.6. The van der Waals surface area contributed by atoms with Gasteiger partial charge in [0.1, 0.15) is 0 Å². The van der Waals surface area contributed by atoms with E-state index in [9.17, 15) is 71.9 Å². The number of halogens is 13. The second kappa shape index (κ2) is 17.2. The van der Waals surface area contributed by atoms with E-state index in [1.807, 2.05) is 4.74 Å². The summed E-state index contributed by atoms with van der Waals surface area (Å²) in [7, 11) is 0. The zero-order valence-electron chi connectivity index (χ0n) is 27.1. The third kappa shape index (κ3) is 13.9. The maximum Gasteiger partial charge on any atom is 0.453 e. The van der Waals surface area contributed by atoms with Gasteiger partial charge in [0.25, 0.3) is 0 Å². The molecule has 24 heteroatoms. The number of alkyl halides is 13. The minimum atomic E-state index is -7.19. The van der Waals surface area contributed by atoms with Crippen LogP contribution in [0.15, 0.2) is 30.3 Å². The topological polar surface area (TPSA) is 133 Å². The molecule has 1 rings (SSSR count). The number of carbonyl (C=O) groups is 4. The quantitative estimate of drug-likeness (QED) is 0.0576. The smallest absolute Gasteiger partial charge is 0.453 e. The number of hydrogen-bond acceptors (Lipinski definition) is 11.